The maximum absolute atomic E-state index is 11.1. The molecule has 0 radical (unpaired) electrons. The van der Waals surface area contributed by atoms with Crippen molar-refractivity contribution in [2.24, 2.45) is 5.92 Å². The molecule has 0 amide bonds. The van der Waals surface area contributed by atoms with E-state index in [-0.39, 0.29) is 5.92 Å². The Balaban J connectivity index is 2.52. The van der Waals surface area contributed by atoms with Gasteiger partial charge in [-0.2, -0.15) is 0 Å². The molecule has 0 saturated heterocycles. The third-order valence-electron chi connectivity index (χ3n) is 3.15. The number of aryl methyl sites for hydroxylation is 1. The monoisotopic (exact) mass is 210 g/mol. The molecule has 1 heterocycles. The minimum absolute atomic E-state index is 0.338. The minimum Gasteiger partial charge on any atom is -0.479 e. The summed E-state index contributed by atoms with van der Waals surface area (Å²) in [6.07, 6.45) is 1.19. The molecule has 0 aromatic carbocycles. The summed E-state index contributed by atoms with van der Waals surface area (Å²) in [7, 11) is 0. The molecular weight excluding hydrogens is 196 g/mol. The van der Waals surface area contributed by atoms with E-state index < -0.39 is 11.6 Å². The lowest BCUT2D eigenvalue weighted by Gasteiger charge is -2.22. The van der Waals surface area contributed by atoms with Crippen LogP contribution in [0.2, 0.25) is 0 Å². The summed E-state index contributed by atoms with van der Waals surface area (Å²) in [6.45, 7) is 3.65. The van der Waals surface area contributed by atoms with Gasteiger partial charge in [0.1, 0.15) is 11.5 Å². The van der Waals surface area contributed by atoms with Gasteiger partial charge in [0.2, 0.25) is 0 Å². The highest BCUT2D eigenvalue weighted by atomic mass is 16.4. The van der Waals surface area contributed by atoms with Crippen molar-refractivity contribution in [3.05, 3.63) is 23.2 Å². The van der Waals surface area contributed by atoms with Gasteiger partial charge in [0.05, 0.1) is 0 Å². The maximum Gasteiger partial charge on any atom is 0.340 e. The first kappa shape index (κ1) is 10.2. The average molecular weight is 210 g/mol. The molecular formula is C11H14O4. The summed E-state index contributed by atoms with van der Waals surface area (Å²) in [5.41, 5.74) is -1.34. The molecule has 1 aromatic rings. The predicted octanol–water partition coefficient (Wildman–Crippen LogP) is 1.31. The predicted molar refractivity (Wildman–Crippen MR) is 52.5 cm³/mol. The number of carboxylic acids is 1. The summed E-state index contributed by atoms with van der Waals surface area (Å²) in [6, 6.07) is 1.66. The number of furan rings is 1. The normalized spacial score (nSPS) is 29.1. The number of fused-ring (bicyclic) bond motifs is 1. The van der Waals surface area contributed by atoms with E-state index in [9.17, 15) is 9.90 Å². The van der Waals surface area contributed by atoms with Gasteiger partial charge in [-0.15, -0.1) is 0 Å². The Morgan fingerprint density at radius 2 is 2.40 bits per heavy atom. The van der Waals surface area contributed by atoms with Crippen LogP contribution in [0.25, 0.3) is 0 Å². The third-order valence-corrected chi connectivity index (χ3v) is 3.15. The lowest BCUT2D eigenvalue weighted by molar-refractivity contribution is -0.164. The fourth-order valence-corrected chi connectivity index (χ4v) is 2.15. The zero-order chi connectivity index (χ0) is 11.2. The van der Waals surface area contributed by atoms with Crippen molar-refractivity contribution in [3.8, 4) is 0 Å². The van der Waals surface area contributed by atoms with Crippen LogP contribution in [0.1, 0.15) is 30.9 Å². The van der Waals surface area contributed by atoms with E-state index in [0.717, 1.165) is 5.76 Å². The van der Waals surface area contributed by atoms with E-state index >= 15 is 0 Å². The van der Waals surface area contributed by atoms with Crippen molar-refractivity contribution < 1.29 is 19.4 Å². The number of carbonyl (C=O) groups is 1. The van der Waals surface area contributed by atoms with Crippen molar-refractivity contribution in [1.29, 1.82) is 0 Å². The van der Waals surface area contributed by atoms with Gasteiger partial charge in [-0.3, -0.25) is 0 Å². The molecule has 1 aliphatic carbocycles. The van der Waals surface area contributed by atoms with Crippen LogP contribution in [0.5, 0.6) is 0 Å². The Morgan fingerprint density at radius 3 is 2.93 bits per heavy atom. The first-order valence-corrected chi connectivity index (χ1v) is 5.08. The molecule has 82 valence electrons. The number of aliphatic hydroxyl groups is 1. The minimum atomic E-state index is -1.77. The fourth-order valence-electron chi connectivity index (χ4n) is 2.15. The Morgan fingerprint density at radius 1 is 1.73 bits per heavy atom. The van der Waals surface area contributed by atoms with E-state index in [2.05, 4.69) is 0 Å². The van der Waals surface area contributed by atoms with Crippen LogP contribution in [-0.4, -0.2) is 16.2 Å². The van der Waals surface area contributed by atoms with Crippen LogP contribution < -0.4 is 0 Å². The highest BCUT2D eigenvalue weighted by Gasteiger charge is 2.51. The van der Waals surface area contributed by atoms with E-state index in [1.165, 1.54) is 0 Å². The zero-order valence-electron chi connectivity index (χ0n) is 8.78. The molecule has 0 bridgehead atoms. The molecule has 4 heteroatoms. The van der Waals surface area contributed by atoms with Crippen LogP contribution in [0.3, 0.4) is 0 Å². The second kappa shape index (κ2) is 3.10. The smallest absolute Gasteiger partial charge is 0.340 e. The average Bonchev–Trinajstić information content (AvgIpc) is 2.67. The van der Waals surface area contributed by atoms with Gasteiger partial charge in [0.25, 0.3) is 0 Å². The third kappa shape index (κ3) is 1.21. The molecule has 0 saturated carbocycles. The molecule has 1 aliphatic rings. The maximum atomic E-state index is 11.1. The molecule has 2 N–H and O–H groups in total. The summed E-state index contributed by atoms with van der Waals surface area (Å²) in [4.78, 5) is 11.1. The number of carboxylic acid groups (broad SMARTS) is 1. The zero-order valence-corrected chi connectivity index (χ0v) is 8.78. The second-order valence-corrected chi connectivity index (χ2v) is 4.08. The Kier molecular flexibility index (Phi) is 2.12. The fraction of sp³-hybridized carbons (Fsp3) is 0.545. The van der Waals surface area contributed by atoms with Crippen molar-refractivity contribution >= 4 is 5.97 Å². The van der Waals surface area contributed by atoms with Crippen LogP contribution in [0.15, 0.2) is 10.5 Å². The number of hydrogen-bond acceptors (Lipinski definition) is 3. The van der Waals surface area contributed by atoms with Crippen LogP contribution >= 0.6 is 0 Å². The Bertz CT molecular complexity index is 407. The molecule has 2 unspecified atom stereocenters. The summed E-state index contributed by atoms with van der Waals surface area (Å²) in [5, 5.41) is 19.2. The van der Waals surface area contributed by atoms with Crippen LogP contribution in [0.4, 0.5) is 0 Å². The van der Waals surface area contributed by atoms with Gasteiger partial charge in [-0.05, 0) is 6.07 Å². The van der Waals surface area contributed by atoms with E-state index in [1.807, 2.05) is 6.92 Å². The lowest BCUT2D eigenvalue weighted by Crippen LogP contribution is -2.38. The number of aliphatic carboxylic acids is 1. The van der Waals surface area contributed by atoms with Crippen LogP contribution in [0, 0.1) is 5.92 Å². The molecule has 15 heavy (non-hydrogen) atoms. The Hall–Kier alpha value is -1.29. The summed E-state index contributed by atoms with van der Waals surface area (Å²) >= 11 is 0. The van der Waals surface area contributed by atoms with Gasteiger partial charge < -0.3 is 14.6 Å². The molecule has 2 atom stereocenters. The molecule has 4 nitrogen and oxygen atoms in total. The van der Waals surface area contributed by atoms with Gasteiger partial charge >= 0.3 is 5.97 Å². The van der Waals surface area contributed by atoms with E-state index in [1.54, 1.807) is 13.0 Å². The topological polar surface area (TPSA) is 70.7 Å². The first-order valence-electron chi connectivity index (χ1n) is 5.08. The van der Waals surface area contributed by atoms with Gasteiger partial charge in [-0.25, -0.2) is 4.79 Å². The van der Waals surface area contributed by atoms with Crippen molar-refractivity contribution in [1.82, 2.24) is 0 Å². The van der Waals surface area contributed by atoms with E-state index in [0.29, 0.717) is 24.2 Å². The standard InChI is InChI=1S/C11H14O4/c1-3-7-5-8-9(15-7)4-6(2)11(8,14)10(12)13/h5-6,14H,3-4H2,1-2H3,(H,12,13). The van der Waals surface area contributed by atoms with Crippen molar-refractivity contribution in [2.45, 2.75) is 32.3 Å². The highest BCUT2D eigenvalue weighted by molar-refractivity contribution is 5.81. The molecule has 0 aliphatic heterocycles. The molecule has 0 spiro atoms. The SMILES string of the molecule is CCc1cc2c(o1)CC(C)C2(O)C(=O)O. The van der Waals surface area contributed by atoms with Crippen molar-refractivity contribution in [3.63, 3.8) is 0 Å². The highest BCUT2D eigenvalue weighted by Crippen LogP contribution is 2.43. The molecule has 1 aromatic heterocycles. The number of hydrogen-bond donors (Lipinski definition) is 2. The second-order valence-electron chi connectivity index (χ2n) is 4.08. The first-order chi connectivity index (χ1) is 7.00. The summed E-state index contributed by atoms with van der Waals surface area (Å²) in [5.74, 6) is -0.192. The summed E-state index contributed by atoms with van der Waals surface area (Å²) < 4.78 is 5.47. The Labute approximate surface area is 87.5 Å². The molecule has 2 rings (SSSR count). The van der Waals surface area contributed by atoms with Crippen LogP contribution in [-0.2, 0) is 23.2 Å². The van der Waals surface area contributed by atoms with Gasteiger partial charge in [0, 0.05) is 24.3 Å². The van der Waals surface area contributed by atoms with Crippen molar-refractivity contribution in [2.75, 3.05) is 0 Å². The van der Waals surface area contributed by atoms with Gasteiger partial charge in [0.15, 0.2) is 5.60 Å². The quantitative estimate of drug-likeness (QED) is 0.772. The number of rotatable bonds is 2. The molecule has 0 fully saturated rings. The van der Waals surface area contributed by atoms with Gasteiger partial charge in [-0.1, -0.05) is 13.8 Å². The van der Waals surface area contributed by atoms with E-state index in [4.69, 9.17) is 9.52 Å². The lowest BCUT2D eigenvalue weighted by atomic mass is 9.89. The largest absolute Gasteiger partial charge is 0.479 e.